The van der Waals surface area contributed by atoms with Gasteiger partial charge in [0.25, 0.3) is 0 Å². The van der Waals surface area contributed by atoms with Gasteiger partial charge in [0.05, 0.1) is 19.6 Å². The Bertz CT molecular complexity index is 586. The summed E-state index contributed by atoms with van der Waals surface area (Å²) in [6.45, 7) is 1.95. The predicted octanol–water partition coefficient (Wildman–Crippen LogP) is 1.60. The third-order valence-electron chi connectivity index (χ3n) is 2.44. The fourth-order valence-corrected chi connectivity index (χ4v) is 1.49. The summed E-state index contributed by atoms with van der Waals surface area (Å²) in [6.07, 6.45) is 0.116. The first-order valence-electron chi connectivity index (χ1n) is 6.08. The van der Waals surface area contributed by atoms with Crippen LogP contribution in [0.3, 0.4) is 0 Å². The van der Waals surface area contributed by atoms with Crippen molar-refractivity contribution in [2.75, 3.05) is 6.61 Å². The van der Waals surface area contributed by atoms with E-state index in [0.717, 1.165) is 0 Å². The van der Waals surface area contributed by atoms with Crippen molar-refractivity contribution >= 4 is 5.91 Å². The molecule has 0 unspecified atom stereocenters. The molecule has 0 aliphatic heterocycles. The topological polar surface area (TPSA) is 77.2 Å². The molecular weight excluding hydrogens is 265 g/mol. The lowest BCUT2D eigenvalue weighted by atomic mass is 10.3. The normalized spacial score (nSPS) is 10.3. The van der Waals surface area contributed by atoms with Gasteiger partial charge < -0.3 is 14.6 Å². The van der Waals surface area contributed by atoms with Crippen LogP contribution >= 0.6 is 0 Å². The van der Waals surface area contributed by atoms with Gasteiger partial charge in [-0.1, -0.05) is 17.3 Å². The van der Waals surface area contributed by atoms with Gasteiger partial charge in [-0.25, -0.2) is 4.39 Å². The number of halogens is 1. The summed E-state index contributed by atoms with van der Waals surface area (Å²) < 4.78 is 23.2. The molecule has 0 saturated carbocycles. The largest absolute Gasteiger partial charge is 0.490 e. The minimum atomic E-state index is -0.449. The van der Waals surface area contributed by atoms with E-state index in [0.29, 0.717) is 11.7 Å². The average molecular weight is 279 g/mol. The van der Waals surface area contributed by atoms with Crippen molar-refractivity contribution in [2.24, 2.45) is 0 Å². The van der Waals surface area contributed by atoms with Gasteiger partial charge in [0.15, 0.2) is 17.4 Å². The van der Waals surface area contributed by atoms with E-state index in [1.54, 1.807) is 19.1 Å². The minimum Gasteiger partial charge on any atom is -0.490 e. The molecule has 20 heavy (non-hydrogen) atoms. The monoisotopic (exact) mass is 279 g/mol. The average Bonchev–Trinajstić information content (AvgIpc) is 2.84. The number of ether oxygens (including phenoxy) is 1. The first kappa shape index (κ1) is 14.0. The minimum absolute atomic E-state index is 0.0953. The molecule has 0 fully saturated rings. The van der Waals surface area contributed by atoms with Gasteiger partial charge >= 0.3 is 0 Å². The van der Waals surface area contributed by atoms with Crippen LogP contribution in [0.25, 0.3) is 0 Å². The molecule has 7 heteroatoms. The number of nitrogens with one attached hydrogen (secondary N) is 1. The van der Waals surface area contributed by atoms with Gasteiger partial charge in [-0.2, -0.15) is 4.98 Å². The van der Waals surface area contributed by atoms with E-state index >= 15 is 0 Å². The van der Waals surface area contributed by atoms with E-state index in [2.05, 4.69) is 15.5 Å². The highest BCUT2D eigenvalue weighted by Gasteiger charge is 2.07. The third-order valence-corrected chi connectivity index (χ3v) is 2.44. The fraction of sp³-hybridized carbons (Fsp3) is 0.308. The van der Waals surface area contributed by atoms with Gasteiger partial charge in [0.2, 0.25) is 11.8 Å². The van der Waals surface area contributed by atoms with Crippen LogP contribution in [0, 0.1) is 12.7 Å². The quantitative estimate of drug-likeness (QED) is 0.869. The molecule has 0 saturated heterocycles. The van der Waals surface area contributed by atoms with E-state index < -0.39 is 5.82 Å². The first-order valence-corrected chi connectivity index (χ1v) is 6.08. The van der Waals surface area contributed by atoms with Crippen molar-refractivity contribution < 1.29 is 18.4 Å². The Morgan fingerprint density at radius 3 is 2.95 bits per heavy atom. The smallest absolute Gasteiger partial charge is 0.223 e. The van der Waals surface area contributed by atoms with Crippen LogP contribution in [0.1, 0.15) is 18.1 Å². The van der Waals surface area contributed by atoms with Crippen molar-refractivity contribution in [1.82, 2.24) is 15.5 Å². The van der Waals surface area contributed by atoms with Gasteiger partial charge in [0, 0.05) is 6.92 Å². The Labute approximate surface area is 114 Å². The van der Waals surface area contributed by atoms with Gasteiger partial charge in [-0.15, -0.1) is 0 Å². The maximum Gasteiger partial charge on any atom is 0.223 e. The van der Waals surface area contributed by atoms with E-state index in [1.165, 1.54) is 12.1 Å². The van der Waals surface area contributed by atoms with Crippen LogP contribution in [0.5, 0.6) is 5.75 Å². The summed E-state index contributed by atoms with van der Waals surface area (Å²) in [5, 5.41) is 6.26. The SMILES string of the molecule is Cc1nc(CNC(=O)CCOc2ccccc2F)no1. The van der Waals surface area contributed by atoms with Crippen LogP contribution < -0.4 is 10.1 Å². The second-order valence-electron chi connectivity index (χ2n) is 4.04. The molecule has 1 N–H and O–H groups in total. The highest BCUT2D eigenvalue weighted by molar-refractivity contribution is 5.75. The Morgan fingerprint density at radius 2 is 2.25 bits per heavy atom. The summed E-state index contributed by atoms with van der Waals surface area (Å²) in [5.74, 6) is 0.302. The highest BCUT2D eigenvalue weighted by Crippen LogP contribution is 2.15. The zero-order valence-electron chi connectivity index (χ0n) is 10.9. The maximum absolute atomic E-state index is 13.2. The van der Waals surface area contributed by atoms with Gasteiger partial charge in [0.1, 0.15) is 0 Å². The maximum atomic E-state index is 13.2. The van der Waals surface area contributed by atoms with Gasteiger partial charge in [-0.3, -0.25) is 4.79 Å². The molecule has 6 nitrogen and oxygen atoms in total. The standard InChI is InChI=1S/C13H14FN3O3/c1-9-16-12(17-20-9)8-15-13(18)6-7-19-11-5-3-2-4-10(11)14/h2-5H,6-8H2,1H3,(H,15,18). The Hall–Kier alpha value is -2.44. The molecule has 0 bridgehead atoms. The molecule has 1 aromatic heterocycles. The number of hydrogen-bond acceptors (Lipinski definition) is 5. The van der Waals surface area contributed by atoms with Crippen molar-refractivity contribution in [3.8, 4) is 5.75 Å². The molecule has 0 atom stereocenters. The number of carbonyl (C=O) groups is 1. The Kier molecular flexibility index (Phi) is 4.65. The number of aryl methyl sites for hydroxylation is 1. The van der Waals surface area contributed by atoms with Crippen LogP contribution in [0.4, 0.5) is 4.39 Å². The number of rotatable bonds is 6. The lowest BCUT2D eigenvalue weighted by molar-refractivity contribution is -0.121. The second-order valence-corrected chi connectivity index (χ2v) is 4.04. The van der Waals surface area contributed by atoms with Crippen molar-refractivity contribution in [3.05, 3.63) is 41.8 Å². The summed E-state index contributed by atoms with van der Waals surface area (Å²) in [4.78, 5) is 15.5. The Morgan fingerprint density at radius 1 is 1.45 bits per heavy atom. The molecule has 1 aromatic carbocycles. The lowest BCUT2D eigenvalue weighted by Gasteiger charge is -2.06. The van der Waals surface area contributed by atoms with Crippen molar-refractivity contribution in [3.63, 3.8) is 0 Å². The molecule has 2 rings (SSSR count). The molecular formula is C13H14FN3O3. The molecule has 2 aromatic rings. The summed E-state index contributed by atoms with van der Waals surface area (Å²) >= 11 is 0. The molecule has 0 aliphatic rings. The molecule has 1 heterocycles. The van der Waals surface area contributed by atoms with E-state index in [9.17, 15) is 9.18 Å². The van der Waals surface area contributed by atoms with Crippen molar-refractivity contribution in [2.45, 2.75) is 19.9 Å². The molecule has 1 amide bonds. The van der Waals surface area contributed by atoms with Gasteiger partial charge in [-0.05, 0) is 12.1 Å². The second kappa shape index (κ2) is 6.65. The summed E-state index contributed by atoms with van der Waals surface area (Å²) in [7, 11) is 0. The van der Waals surface area contributed by atoms with Crippen molar-refractivity contribution in [1.29, 1.82) is 0 Å². The molecule has 0 aliphatic carbocycles. The Balaban J connectivity index is 1.69. The zero-order valence-corrected chi connectivity index (χ0v) is 10.9. The number of amides is 1. The zero-order chi connectivity index (χ0) is 14.4. The lowest BCUT2D eigenvalue weighted by Crippen LogP contribution is -2.25. The van der Waals surface area contributed by atoms with E-state index in [-0.39, 0.29) is 31.2 Å². The van der Waals surface area contributed by atoms with E-state index in [1.807, 2.05) is 0 Å². The molecule has 0 spiro atoms. The number of nitrogens with zero attached hydrogens (tertiary/aromatic N) is 2. The number of hydrogen-bond donors (Lipinski definition) is 1. The summed E-state index contributed by atoms with van der Waals surface area (Å²) in [5.41, 5.74) is 0. The first-order chi connectivity index (χ1) is 9.65. The number of para-hydroxylation sites is 1. The fourth-order valence-electron chi connectivity index (χ4n) is 1.49. The van der Waals surface area contributed by atoms with Crippen LogP contribution in [0.2, 0.25) is 0 Å². The van der Waals surface area contributed by atoms with Crippen LogP contribution in [0.15, 0.2) is 28.8 Å². The van der Waals surface area contributed by atoms with Crippen LogP contribution in [-0.2, 0) is 11.3 Å². The predicted molar refractivity (Wildman–Crippen MR) is 67.4 cm³/mol. The summed E-state index contributed by atoms with van der Waals surface area (Å²) in [6, 6.07) is 6.04. The highest BCUT2D eigenvalue weighted by atomic mass is 19.1. The number of carbonyl (C=O) groups excluding carboxylic acids is 1. The number of benzene rings is 1. The molecule has 0 radical (unpaired) electrons. The number of aromatic nitrogens is 2. The molecule has 106 valence electrons. The van der Waals surface area contributed by atoms with Crippen LogP contribution in [-0.4, -0.2) is 22.7 Å². The van der Waals surface area contributed by atoms with E-state index in [4.69, 9.17) is 9.26 Å². The third kappa shape index (κ3) is 4.04.